The Morgan fingerprint density at radius 1 is 0.400 bits per heavy atom. The van der Waals surface area contributed by atoms with Gasteiger partial charge in [-0.3, -0.25) is 0 Å². The molecule has 30 heavy (non-hydrogen) atoms. The SMILES string of the molecule is CO[Si](CCCCCCCCCCCCCCCCCCCCCCS)(OC)OC. The lowest BCUT2D eigenvalue weighted by Gasteiger charge is -2.24. The number of hydrogen-bond donors (Lipinski definition) is 1. The van der Waals surface area contributed by atoms with Gasteiger partial charge in [-0.15, -0.1) is 0 Å². The van der Waals surface area contributed by atoms with Crippen molar-refractivity contribution in [3.63, 3.8) is 0 Å². The van der Waals surface area contributed by atoms with Crippen LogP contribution in [0.1, 0.15) is 128 Å². The molecule has 0 aliphatic carbocycles. The molecule has 0 saturated carbocycles. The molecule has 0 unspecified atom stereocenters. The van der Waals surface area contributed by atoms with Gasteiger partial charge < -0.3 is 13.3 Å². The Morgan fingerprint density at radius 3 is 0.867 bits per heavy atom. The fourth-order valence-electron chi connectivity index (χ4n) is 4.19. The van der Waals surface area contributed by atoms with Gasteiger partial charge in [-0.2, -0.15) is 12.6 Å². The average molecular weight is 463 g/mol. The lowest BCUT2D eigenvalue weighted by molar-refractivity contribution is 0.122. The number of hydrogen-bond acceptors (Lipinski definition) is 4. The second-order valence-electron chi connectivity index (χ2n) is 8.84. The number of unbranched alkanes of at least 4 members (excludes halogenated alkanes) is 19. The van der Waals surface area contributed by atoms with Gasteiger partial charge in [-0.1, -0.05) is 116 Å². The van der Waals surface area contributed by atoms with E-state index >= 15 is 0 Å². The monoisotopic (exact) mass is 462 g/mol. The highest BCUT2D eigenvalue weighted by atomic mass is 32.1. The minimum Gasteiger partial charge on any atom is -0.377 e. The van der Waals surface area contributed by atoms with Gasteiger partial charge in [0.25, 0.3) is 0 Å². The molecule has 0 atom stereocenters. The molecule has 0 aromatic carbocycles. The normalized spacial score (nSPS) is 12.0. The fourth-order valence-corrected chi connectivity index (χ4v) is 6.21. The van der Waals surface area contributed by atoms with E-state index in [9.17, 15) is 0 Å². The fraction of sp³-hybridized carbons (Fsp3) is 1.00. The first-order valence-electron chi connectivity index (χ1n) is 13.0. The van der Waals surface area contributed by atoms with Gasteiger partial charge in [0.15, 0.2) is 0 Å². The quantitative estimate of drug-likeness (QED) is 0.0836. The highest BCUT2D eigenvalue weighted by Crippen LogP contribution is 2.19. The molecule has 0 saturated heterocycles. The summed E-state index contributed by atoms with van der Waals surface area (Å²) in [4.78, 5) is 0. The zero-order valence-corrected chi connectivity index (χ0v) is 22.6. The van der Waals surface area contributed by atoms with Crippen LogP contribution in [0.2, 0.25) is 6.04 Å². The summed E-state index contributed by atoms with van der Waals surface area (Å²) >= 11 is 4.27. The maximum Gasteiger partial charge on any atom is 0.500 e. The number of rotatable bonds is 25. The molecule has 0 spiro atoms. The summed E-state index contributed by atoms with van der Waals surface area (Å²) in [6, 6.07) is 0.938. The molecule has 0 radical (unpaired) electrons. The van der Waals surface area contributed by atoms with E-state index in [1.54, 1.807) is 21.3 Å². The van der Waals surface area contributed by atoms with Crippen molar-refractivity contribution in [2.24, 2.45) is 0 Å². The molecule has 0 aromatic heterocycles. The van der Waals surface area contributed by atoms with E-state index in [-0.39, 0.29) is 0 Å². The second-order valence-corrected chi connectivity index (χ2v) is 12.4. The molecule has 5 heteroatoms. The molecular formula is C25H54O3SSi. The Morgan fingerprint density at radius 2 is 0.633 bits per heavy atom. The van der Waals surface area contributed by atoms with Crippen LogP contribution >= 0.6 is 12.6 Å². The smallest absolute Gasteiger partial charge is 0.377 e. The second kappa shape index (κ2) is 24.1. The summed E-state index contributed by atoms with van der Waals surface area (Å²) in [6.45, 7) is 0. The highest BCUT2D eigenvalue weighted by molar-refractivity contribution is 7.80. The first-order chi connectivity index (χ1) is 14.7. The summed E-state index contributed by atoms with van der Waals surface area (Å²) in [5, 5.41) is 0. The van der Waals surface area contributed by atoms with E-state index < -0.39 is 8.80 Å². The third-order valence-corrected chi connectivity index (χ3v) is 9.47. The summed E-state index contributed by atoms with van der Waals surface area (Å²) in [5.41, 5.74) is 0. The maximum atomic E-state index is 5.47. The van der Waals surface area contributed by atoms with E-state index in [0.717, 1.165) is 18.2 Å². The molecule has 182 valence electrons. The average Bonchev–Trinajstić information content (AvgIpc) is 2.78. The van der Waals surface area contributed by atoms with Crippen LogP contribution in [0.5, 0.6) is 0 Å². The van der Waals surface area contributed by atoms with E-state index in [1.807, 2.05) is 0 Å². The van der Waals surface area contributed by atoms with Crippen LogP contribution in [-0.4, -0.2) is 35.9 Å². The molecular weight excluding hydrogens is 408 g/mol. The van der Waals surface area contributed by atoms with Crippen LogP contribution < -0.4 is 0 Å². The van der Waals surface area contributed by atoms with Crippen LogP contribution in [-0.2, 0) is 13.3 Å². The molecule has 0 aliphatic rings. The molecule has 0 N–H and O–H groups in total. The van der Waals surface area contributed by atoms with Crippen molar-refractivity contribution in [2.45, 2.75) is 134 Å². The largest absolute Gasteiger partial charge is 0.500 e. The van der Waals surface area contributed by atoms with E-state index in [0.29, 0.717) is 0 Å². The first-order valence-corrected chi connectivity index (χ1v) is 15.6. The van der Waals surface area contributed by atoms with Gasteiger partial charge in [0.05, 0.1) is 0 Å². The van der Waals surface area contributed by atoms with Crippen LogP contribution in [0.15, 0.2) is 0 Å². The number of thiol groups is 1. The Bertz CT molecular complexity index is 319. The topological polar surface area (TPSA) is 27.7 Å². The van der Waals surface area contributed by atoms with Gasteiger partial charge in [-0.05, 0) is 18.6 Å². The van der Waals surface area contributed by atoms with Crippen molar-refractivity contribution in [3.05, 3.63) is 0 Å². The Kier molecular flexibility index (Phi) is 24.5. The van der Waals surface area contributed by atoms with Crippen molar-refractivity contribution < 1.29 is 13.3 Å². The van der Waals surface area contributed by atoms with E-state index in [1.165, 1.54) is 122 Å². The molecule has 0 aliphatic heterocycles. The van der Waals surface area contributed by atoms with Gasteiger partial charge in [0, 0.05) is 27.4 Å². The molecule has 0 rings (SSSR count). The van der Waals surface area contributed by atoms with Gasteiger partial charge in [-0.25, -0.2) is 0 Å². The van der Waals surface area contributed by atoms with Gasteiger partial charge in [0.1, 0.15) is 0 Å². The predicted octanol–water partition coefficient (Wildman–Crippen LogP) is 8.60. The van der Waals surface area contributed by atoms with E-state index in [2.05, 4.69) is 12.6 Å². The van der Waals surface area contributed by atoms with Crippen LogP contribution in [0, 0.1) is 0 Å². The van der Waals surface area contributed by atoms with Crippen LogP contribution in [0.3, 0.4) is 0 Å². The first kappa shape index (κ1) is 30.4. The molecule has 3 nitrogen and oxygen atoms in total. The summed E-state index contributed by atoms with van der Waals surface area (Å²) in [7, 11) is 2.77. The van der Waals surface area contributed by atoms with Crippen molar-refractivity contribution in [1.29, 1.82) is 0 Å². The summed E-state index contributed by atoms with van der Waals surface area (Å²) in [6.07, 6.45) is 28.0. The van der Waals surface area contributed by atoms with Gasteiger partial charge in [0.2, 0.25) is 0 Å². The predicted molar refractivity (Wildman–Crippen MR) is 138 cm³/mol. The van der Waals surface area contributed by atoms with Crippen LogP contribution in [0.4, 0.5) is 0 Å². The zero-order valence-electron chi connectivity index (χ0n) is 20.7. The lowest BCUT2D eigenvalue weighted by atomic mass is 10.0. The molecule has 0 amide bonds. The minimum absolute atomic E-state index is 0.938. The third-order valence-electron chi connectivity index (χ3n) is 6.32. The molecule has 0 fully saturated rings. The van der Waals surface area contributed by atoms with Crippen molar-refractivity contribution >= 4 is 21.4 Å². The zero-order chi connectivity index (χ0) is 22.2. The Hall–Kier alpha value is 0.447. The summed E-state index contributed by atoms with van der Waals surface area (Å²) in [5.74, 6) is 1.06. The van der Waals surface area contributed by atoms with E-state index in [4.69, 9.17) is 13.3 Å². The minimum atomic E-state index is -2.33. The lowest BCUT2D eigenvalue weighted by Crippen LogP contribution is -2.42. The van der Waals surface area contributed by atoms with Crippen molar-refractivity contribution in [1.82, 2.24) is 0 Å². The van der Waals surface area contributed by atoms with Crippen LogP contribution in [0.25, 0.3) is 0 Å². The molecule has 0 bridgehead atoms. The Labute approximate surface area is 196 Å². The molecule has 0 aromatic rings. The Balaban J connectivity index is 3.16. The standard InChI is InChI=1S/C25H54O3SSi/c1-26-30(27-2,28-3)25-23-21-19-17-15-13-11-9-7-5-4-6-8-10-12-14-16-18-20-22-24-29/h29H,4-25H2,1-3H3. The van der Waals surface area contributed by atoms with Crippen molar-refractivity contribution in [2.75, 3.05) is 27.1 Å². The van der Waals surface area contributed by atoms with Crippen molar-refractivity contribution in [3.8, 4) is 0 Å². The van der Waals surface area contributed by atoms with Gasteiger partial charge >= 0.3 is 8.80 Å². The molecule has 0 heterocycles. The maximum absolute atomic E-state index is 5.47. The summed E-state index contributed by atoms with van der Waals surface area (Å²) < 4.78 is 16.4. The third kappa shape index (κ3) is 19.2. The highest BCUT2D eigenvalue weighted by Gasteiger charge is 2.36.